The van der Waals surface area contributed by atoms with Gasteiger partial charge >= 0.3 is 5.69 Å². The van der Waals surface area contributed by atoms with E-state index in [9.17, 15) is 14.9 Å². The molecule has 0 saturated heterocycles. The fourth-order valence-electron chi connectivity index (χ4n) is 2.33. The molecule has 1 aromatic heterocycles. The minimum atomic E-state index is -0.772. The van der Waals surface area contributed by atoms with Crippen LogP contribution in [0.25, 0.3) is 0 Å². The predicted molar refractivity (Wildman–Crippen MR) is 109 cm³/mol. The maximum absolute atomic E-state index is 12.3. The maximum Gasteiger partial charge on any atom is 0.320 e. The molecule has 1 heterocycles. The Kier molecular flexibility index (Phi) is 6.17. The molecule has 142 valence electrons. The first kappa shape index (κ1) is 19.7. The van der Waals surface area contributed by atoms with E-state index in [-0.39, 0.29) is 12.2 Å². The van der Waals surface area contributed by atoms with Crippen LogP contribution in [0.15, 0.2) is 64.3 Å². The lowest BCUT2D eigenvalue weighted by Gasteiger charge is -2.01. The maximum atomic E-state index is 12.3. The topological polar surface area (TPSA) is 102 Å². The Bertz CT molecular complexity index is 1030. The molecular weight excluding hydrogens is 450 g/mol. The van der Waals surface area contributed by atoms with E-state index >= 15 is 0 Å². The van der Waals surface area contributed by atoms with Crippen molar-refractivity contribution in [3.05, 3.63) is 91.2 Å². The Morgan fingerprint density at radius 2 is 1.93 bits per heavy atom. The van der Waals surface area contributed by atoms with Crippen LogP contribution in [0.1, 0.15) is 21.6 Å². The average Bonchev–Trinajstić information content (AvgIpc) is 3.09. The van der Waals surface area contributed by atoms with E-state index in [1.165, 1.54) is 17.1 Å². The Balaban J connectivity index is 1.74. The molecule has 2 aromatic carbocycles. The lowest BCUT2D eigenvalue weighted by molar-refractivity contribution is -0.385. The fraction of sp³-hybridized carbons (Fsp3) is 0.0556. The van der Waals surface area contributed by atoms with Crippen molar-refractivity contribution in [3.63, 3.8) is 0 Å². The molecule has 0 spiro atoms. The molecule has 0 unspecified atom stereocenters. The first-order valence-corrected chi connectivity index (χ1v) is 9.15. The van der Waals surface area contributed by atoms with E-state index in [1.54, 1.807) is 24.3 Å². The smallest absolute Gasteiger partial charge is 0.265 e. The Morgan fingerprint density at radius 1 is 1.25 bits per heavy atom. The third kappa shape index (κ3) is 5.02. The van der Waals surface area contributed by atoms with Gasteiger partial charge in [-0.25, -0.2) is 5.43 Å². The van der Waals surface area contributed by atoms with Gasteiger partial charge in [0.1, 0.15) is 6.20 Å². The predicted octanol–water partition coefficient (Wildman–Crippen LogP) is 4.02. The highest BCUT2D eigenvalue weighted by Crippen LogP contribution is 2.18. The van der Waals surface area contributed by atoms with Crippen molar-refractivity contribution >= 4 is 45.3 Å². The van der Waals surface area contributed by atoms with Crippen LogP contribution in [0.2, 0.25) is 5.02 Å². The minimum absolute atomic E-state index is 0.287. The summed E-state index contributed by atoms with van der Waals surface area (Å²) in [6.45, 7) is 0.287. The number of benzene rings is 2. The zero-order valence-corrected chi connectivity index (χ0v) is 16.6. The van der Waals surface area contributed by atoms with E-state index in [4.69, 9.17) is 11.6 Å². The SMILES string of the molecule is O=C(N/N=C/c1ccc(Cl)cc1)c1nn(Cc2ccc(Br)cc2)cc1[N+](=O)[O-]. The van der Waals surface area contributed by atoms with Gasteiger partial charge in [-0.1, -0.05) is 51.8 Å². The number of nitro groups is 1. The second-order valence-electron chi connectivity index (χ2n) is 5.69. The monoisotopic (exact) mass is 461 g/mol. The van der Waals surface area contributed by atoms with Gasteiger partial charge in [-0.3, -0.25) is 19.6 Å². The van der Waals surface area contributed by atoms with Gasteiger partial charge in [0.25, 0.3) is 5.91 Å². The summed E-state index contributed by atoms with van der Waals surface area (Å²) in [5.41, 5.74) is 3.14. The summed E-state index contributed by atoms with van der Waals surface area (Å²) in [5.74, 6) is -0.772. The summed E-state index contributed by atoms with van der Waals surface area (Å²) in [6, 6.07) is 14.2. The van der Waals surface area contributed by atoms with Crippen molar-refractivity contribution in [1.29, 1.82) is 0 Å². The van der Waals surface area contributed by atoms with E-state index in [0.29, 0.717) is 10.6 Å². The normalized spacial score (nSPS) is 10.9. The van der Waals surface area contributed by atoms with E-state index < -0.39 is 16.5 Å². The molecular formula is C18H13BrClN5O3. The molecule has 8 nitrogen and oxygen atoms in total. The summed E-state index contributed by atoms with van der Waals surface area (Å²) in [5, 5.41) is 19.7. The highest BCUT2D eigenvalue weighted by atomic mass is 79.9. The van der Waals surface area contributed by atoms with Crippen molar-refractivity contribution in [3.8, 4) is 0 Å². The molecule has 0 atom stereocenters. The molecule has 3 aromatic rings. The molecule has 0 fully saturated rings. The fourth-order valence-corrected chi connectivity index (χ4v) is 2.72. The number of rotatable bonds is 6. The van der Waals surface area contributed by atoms with Gasteiger partial charge in [0, 0.05) is 9.50 Å². The van der Waals surface area contributed by atoms with Gasteiger partial charge in [-0.05, 0) is 35.4 Å². The van der Waals surface area contributed by atoms with Gasteiger partial charge < -0.3 is 0 Å². The zero-order chi connectivity index (χ0) is 20.1. The summed E-state index contributed by atoms with van der Waals surface area (Å²) < 4.78 is 2.26. The number of carbonyl (C=O) groups is 1. The van der Waals surface area contributed by atoms with Crippen molar-refractivity contribution in [2.45, 2.75) is 6.54 Å². The van der Waals surface area contributed by atoms with Gasteiger partial charge in [0.15, 0.2) is 0 Å². The highest BCUT2D eigenvalue weighted by molar-refractivity contribution is 9.10. The molecule has 28 heavy (non-hydrogen) atoms. The van der Waals surface area contributed by atoms with Crippen molar-refractivity contribution < 1.29 is 9.72 Å². The third-order valence-corrected chi connectivity index (χ3v) is 4.44. The molecule has 0 aliphatic rings. The molecule has 3 rings (SSSR count). The van der Waals surface area contributed by atoms with E-state index in [1.807, 2.05) is 24.3 Å². The lowest BCUT2D eigenvalue weighted by Crippen LogP contribution is -2.19. The summed E-state index contributed by atoms with van der Waals surface area (Å²) in [4.78, 5) is 22.9. The quantitative estimate of drug-likeness (QED) is 0.339. The van der Waals surface area contributed by atoms with Gasteiger partial charge in [0.2, 0.25) is 5.69 Å². The van der Waals surface area contributed by atoms with Gasteiger partial charge in [0.05, 0.1) is 17.7 Å². The van der Waals surface area contributed by atoms with Crippen LogP contribution in [-0.2, 0) is 6.54 Å². The van der Waals surface area contributed by atoms with Crippen LogP contribution >= 0.6 is 27.5 Å². The summed E-state index contributed by atoms with van der Waals surface area (Å²) >= 11 is 9.14. The number of aromatic nitrogens is 2. The number of nitrogens with one attached hydrogen (secondary N) is 1. The molecule has 0 aliphatic carbocycles. The third-order valence-electron chi connectivity index (χ3n) is 3.66. The number of hydrogen-bond donors (Lipinski definition) is 1. The average molecular weight is 463 g/mol. The highest BCUT2D eigenvalue weighted by Gasteiger charge is 2.25. The number of hydrazone groups is 1. The van der Waals surface area contributed by atoms with Crippen LogP contribution in [0.4, 0.5) is 5.69 Å². The molecule has 1 N–H and O–H groups in total. The van der Waals surface area contributed by atoms with Crippen LogP contribution in [0.5, 0.6) is 0 Å². The van der Waals surface area contributed by atoms with Crippen LogP contribution in [0, 0.1) is 10.1 Å². The van der Waals surface area contributed by atoms with Gasteiger partial charge in [-0.15, -0.1) is 0 Å². The van der Waals surface area contributed by atoms with E-state index in [0.717, 1.165) is 10.0 Å². The minimum Gasteiger partial charge on any atom is -0.265 e. The number of halogens is 2. The Hall–Kier alpha value is -3.04. The second kappa shape index (κ2) is 8.77. The summed E-state index contributed by atoms with van der Waals surface area (Å²) in [7, 11) is 0. The number of amides is 1. The van der Waals surface area contributed by atoms with E-state index in [2.05, 4.69) is 31.6 Å². The van der Waals surface area contributed by atoms with Gasteiger partial charge in [-0.2, -0.15) is 10.2 Å². The second-order valence-corrected chi connectivity index (χ2v) is 7.05. The molecule has 0 radical (unpaired) electrons. The Morgan fingerprint density at radius 3 is 2.57 bits per heavy atom. The number of nitrogens with zero attached hydrogens (tertiary/aromatic N) is 4. The largest absolute Gasteiger partial charge is 0.320 e. The van der Waals surface area contributed by atoms with Crippen molar-refractivity contribution in [2.75, 3.05) is 0 Å². The van der Waals surface area contributed by atoms with Crippen LogP contribution < -0.4 is 5.43 Å². The molecule has 1 amide bonds. The first-order chi connectivity index (χ1) is 13.4. The standard InChI is InChI=1S/C18H13BrClN5O3/c19-14-5-1-13(2-6-14)10-24-11-16(25(27)28)17(23-24)18(26)22-21-9-12-3-7-15(20)8-4-12/h1-9,11H,10H2,(H,22,26)/b21-9+. The number of hydrogen-bond acceptors (Lipinski definition) is 5. The molecule has 0 bridgehead atoms. The lowest BCUT2D eigenvalue weighted by atomic mass is 10.2. The molecule has 10 heteroatoms. The van der Waals surface area contributed by atoms with Crippen molar-refractivity contribution in [2.24, 2.45) is 5.10 Å². The van der Waals surface area contributed by atoms with Crippen LogP contribution in [-0.4, -0.2) is 26.8 Å². The Labute approximate surface area is 173 Å². The van der Waals surface area contributed by atoms with Crippen molar-refractivity contribution in [1.82, 2.24) is 15.2 Å². The zero-order valence-electron chi connectivity index (χ0n) is 14.3. The first-order valence-electron chi connectivity index (χ1n) is 7.97. The molecule has 0 saturated carbocycles. The molecule has 0 aliphatic heterocycles. The van der Waals surface area contributed by atoms with Crippen LogP contribution in [0.3, 0.4) is 0 Å². The summed E-state index contributed by atoms with van der Waals surface area (Å²) in [6.07, 6.45) is 2.62. The number of carbonyl (C=O) groups excluding carboxylic acids is 1.